The maximum Gasteiger partial charge on any atom is 0.219 e. The monoisotopic (exact) mass is 635 g/mol. The smallest absolute Gasteiger partial charge is 0.219 e. The number of piperidine rings is 2. The Bertz CT molecular complexity index is 890. The SMILES string of the molecule is CC(C)/C(N)=N/C(=N)N1CCOCC1.CCN(CCCCCCN(C)C1CC(C)(C)NC(C)(C)C1)C1CC(C)(C)NC(C)(C)C1. The molecule has 0 radical (unpaired) electrons. The van der Waals surface area contributed by atoms with Gasteiger partial charge in [-0.1, -0.05) is 33.6 Å². The zero-order chi connectivity index (χ0) is 34.1. The molecule has 0 unspecified atom stereocenters. The lowest BCUT2D eigenvalue weighted by molar-refractivity contribution is 0.0672. The average Bonchev–Trinajstić information content (AvgIpc) is 2.89. The standard InChI is InChI=1S/C27H56N4.C9H18N4O/c1-11-31(23-20-26(6,7)29-27(8,9)21-23)17-15-13-12-14-16-30(10)22-18-24(2,3)28-25(4,5)19-22;1-7(2)8(10)12-9(11)13-3-5-14-6-4-13/h22-23,28-29H,11-21H2,1-10H3;7H,3-6H2,1-2H3,(H3,10,11,12). The van der Waals surface area contributed by atoms with Gasteiger partial charge in [-0.15, -0.1) is 0 Å². The van der Waals surface area contributed by atoms with Gasteiger partial charge in [0.15, 0.2) is 0 Å². The van der Waals surface area contributed by atoms with Gasteiger partial charge in [0.05, 0.1) is 13.2 Å². The van der Waals surface area contributed by atoms with E-state index in [9.17, 15) is 0 Å². The van der Waals surface area contributed by atoms with Gasteiger partial charge in [-0.25, -0.2) is 4.99 Å². The van der Waals surface area contributed by atoms with Crippen LogP contribution in [0.2, 0.25) is 0 Å². The molecule has 0 aromatic carbocycles. The highest BCUT2D eigenvalue weighted by atomic mass is 16.5. The molecule has 3 rings (SSSR count). The molecule has 3 heterocycles. The van der Waals surface area contributed by atoms with Crippen LogP contribution in [0, 0.1) is 11.3 Å². The Kier molecular flexibility index (Phi) is 15.3. The van der Waals surface area contributed by atoms with Crippen molar-refractivity contribution in [1.29, 1.82) is 5.41 Å². The van der Waals surface area contributed by atoms with E-state index in [-0.39, 0.29) is 34.0 Å². The molecule has 3 saturated heterocycles. The van der Waals surface area contributed by atoms with E-state index >= 15 is 0 Å². The number of amidine groups is 1. The van der Waals surface area contributed by atoms with Gasteiger partial charge in [-0.2, -0.15) is 0 Å². The van der Waals surface area contributed by atoms with E-state index in [2.05, 4.69) is 94.8 Å². The third kappa shape index (κ3) is 14.6. The highest BCUT2D eigenvalue weighted by Gasteiger charge is 2.40. The number of hydrogen-bond donors (Lipinski definition) is 4. The Morgan fingerprint density at radius 3 is 1.71 bits per heavy atom. The van der Waals surface area contributed by atoms with Crippen molar-refractivity contribution < 1.29 is 4.74 Å². The second kappa shape index (κ2) is 17.2. The van der Waals surface area contributed by atoms with Crippen LogP contribution < -0.4 is 16.4 Å². The number of hydrogen-bond acceptors (Lipinski definition) is 6. The van der Waals surface area contributed by atoms with Gasteiger partial charge in [-0.05, 0) is 121 Å². The molecule has 9 nitrogen and oxygen atoms in total. The molecule has 9 heteroatoms. The third-order valence-corrected chi connectivity index (χ3v) is 9.73. The van der Waals surface area contributed by atoms with Crippen LogP contribution in [-0.4, -0.2) is 114 Å². The fourth-order valence-electron chi connectivity index (χ4n) is 8.02. The summed E-state index contributed by atoms with van der Waals surface area (Å²) in [6, 6.07) is 1.42. The first-order valence-electron chi connectivity index (χ1n) is 18.0. The van der Waals surface area contributed by atoms with Crippen molar-refractivity contribution in [2.45, 2.75) is 162 Å². The van der Waals surface area contributed by atoms with Crippen molar-refractivity contribution in [3.8, 4) is 0 Å². The second-order valence-electron chi connectivity index (χ2n) is 17.0. The molecule has 0 amide bonds. The Morgan fingerprint density at radius 1 is 0.822 bits per heavy atom. The molecule has 0 saturated carbocycles. The minimum Gasteiger partial charge on any atom is -0.387 e. The number of nitrogens with one attached hydrogen (secondary N) is 3. The van der Waals surface area contributed by atoms with E-state index in [1.54, 1.807) is 0 Å². The van der Waals surface area contributed by atoms with Crippen LogP contribution >= 0.6 is 0 Å². The van der Waals surface area contributed by atoms with Crippen LogP contribution in [0.1, 0.15) is 128 Å². The lowest BCUT2D eigenvalue weighted by atomic mass is 9.79. The van der Waals surface area contributed by atoms with Crippen LogP contribution in [0.15, 0.2) is 4.99 Å². The first kappa shape index (κ1) is 39.9. The van der Waals surface area contributed by atoms with E-state index in [1.807, 2.05) is 18.7 Å². The van der Waals surface area contributed by atoms with E-state index in [4.69, 9.17) is 15.9 Å². The molecule has 264 valence electrons. The third-order valence-electron chi connectivity index (χ3n) is 9.73. The first-order chi connectivity index (χ1) is 20.7. The van der Waals surface area contributed by atoms with Gasteiger partial charge >= 0.3 is 0 Å². The molecule has 0 aliphatic carbocycles. The zero-order valence-corrected chi connectivity index (χ0v) is 31.6. The maximum atomic E-state index is 7.71. The van der Waals surface area contributed by atoms with Crippen LogP contribution in [0.25, 0.3) is 0 Å². The van der Waals surface area contributed by atoms with Crippen molar-refractivity contribution in [3.05, 3.63) is 0 Å². The summed E-state index contributed by atoms with van der Waals surface area (Å²) in [6.07, 6.45) is 10.4. The minimum atomic E-state index is 0.191. The molecule has 0 aromatic rings. The van der Waals surface area contributed by atoms with Gasteiger partial charge in [0.25, 0.3) is 0 Å². The molecule has 3 aliphatic heterocycles. The normalized spacial score (nSPS) is 23.7. The number of aliphatic imine (C=N–C) groups is 1. The lowest BCUT2D eigenvalue weighted by Crippen LogP contribution is -2.62. The fraction of sp³-hybridized carbons (Fsp3) is 0.944. The Balaban J connectivity index is 0.000000420. The highest BCUT2D eigenvalue weighted by Crippen LogP contribution is 2.32. The summed E-state index contributed by atoms with van der Waals surface area (Å²) < 4.78 is 5.18. The molecule has 0 atom stereocenters. The van der Waals surface area contributed by atoms with E-state index in [0.717, 1.165) is 13.1 Å². The van der Waals surface area contributed by atoms with Gasteiger partial charge in [0, 0.05) is 53.2 Å². The molecule has 0 bridgehead atoms. The van der Waals surface area contributed by atoms with Crippen molar-refractivity contribution in [2.75, 3.05) is 53.0 Å². The molecule has 45 heavy (non-hydrogen) atoms. The molecule has 3 fully saturated rings. The summed E-state index contributed by atoms with van der Waals surface area (Å²) in [5, 5.41) is 15.4. The molecule has 3 aliphatic rings. The van der Waals surface area contributed by atoms with E-state index in [1.165, 1.54) is 71.0 Å². The van der Waals surface area contributed by atoms with Crippen molar-refractivity contribution in [1.82, 2.24) is 25.3 Å². The topological polar surface area (TPSA) is 105 Å². The maximum absolute atomic E-state index is 7.71. The minimum absolute atomic E-state index is 0.191. The average molecular weight is 635 g/mol. The predicted molar refractivity (Wildman–Crippen MR) is 194 cm³/mol. The summed E-state index contributed by atoms with van der Waals surface area (Å²) in [7, 11) is 2.35. The molecule has 0 aromatic heterocycles. The number of morpholine rings is 1. The fourth-order valence-corrected chi connectivity index (χ4v) is 8.02. The number of guanidine groups is 1. The van der Waals surface area contributed by atoms with Crippen LogP contribution in [0.3, 0.4) is 0 Å². The van der Waals surface area contributed by atoms with Gasteiger partial charge < -0.3 is 35.8 Å². The van der Waals surface area contributed by atoms with Crippen LogP contribution in [0.4, 0.5) is 0 Å². The van der Waals surface area contributed by atoms with Crippen LogP contribution in [-0.2, 0) is 4.74 Å². The molecule has 0 spiro atoms. The van der Waals surface area contributed by atoms with Crippen LogP contribution in [0.5, 0.6) is 0 Å². The van der Waals surface area contributed by atoms with Crippen molar-refractivity contribution in [2.24, 2.45) is 16.6 Å². The zero-order valence-electron chi connectivity index (χ0n) is 31.6. The van der Waals surface area contributed by atoms with E-state index < -0.39 is 0 Å². The summed E-state index contributed by atoms with van der Waals surface area (Å²) in [6.45, 7) is 31.7. The number of unbranched alkanes of at least 4 members (excludes halogenated alkanes) is 3. The summed E-state index contributed by atoms with van der Waals surface area (Å²) >= 11 is 0. The number of nitrogens with two attached hydrogens (primary N) is 1. The van der Waals surface area contributed by atoms with Crippen molar-refractivity contribution >= 4 is 11.8 Å². The molecular weight excluding hydrogens is 560 g/mol. The quantitative estimate of drug-likeness (QED) is 0.132. The van der Waals surface area contributed by atoms with Crippen molar-refractivity contribution in [3.63, 3.8) is 0 Å². The summed E-state index contributed by atoms with van der Waals surface area (Å²) in [4.78, 5) is 11.3. The van der Waals surface area contributed by atoms with Gasteiger partial charge in [-0.3, -0.25) is 5.41 Å². The van der Waals surface area contributed by atoms with Gasteiger partial charge in [0.1, 0.15) is 5.84 Å². The number of nitrogens with zero attached hydrogens (tertiary/aromatic N) is 4. The van der Waals surface area contributed by atoms with Gasteiger partial charge in [0.2, 0.25) is 5.96 Å². The first-order valence-corrected chi connectivity index (χ1v) is 18.0. The van der Waals surface area contributed by atoms with E-state index in [0.29, 0.717) is 31.1 Å². The molecule has 5 N–H and O–H groups in total. The highest BCUT2D eigenvalue weighted by molar-refractivity contribution is 5.94. The Hall–Kier alpha value is -1.26. The molecular formula is C36H74N8O. The largest absolute Gasteiger partial charge is 0.387 e. The Morgan fingerprint density at radius 2 is 1.27 bits per heavy atom. The second-order valence-corrected chi connectivity index (χ2v) is 17.0. The number of ether oxygens (including phenoxy) is 1. The number of rotatable bonds is 11. The summed E-state index contributed by atoms with van der Waals surface area (Å²) in [5.74, 6) is 0.956. The predicted octanol–water partition coefficient (Wildman–Crippen LogP) is 5.69. The Labute approximate surface area is 278 Å². The lowest BCUT2D eigenvalue weighted by Gasteiger charge is -2.49. The summed E-state index contributed by atoms with van der Waals surface area (Å²) in [5.41, 5.74) is 6.63.